The summed E-state index contributed by atoms with van der Waals surface area (Å²) in [6.07, 6.45) is 3.40. The van der Waals surface area contributed by atoms with Crippen LogP contribution in [0.1, 0.15) is 150 Å². The number of fused-ring (bicyclic) bond motifs is 3. The highest BCUT2D eigenvalue weighted by Crippen LogP contribution is 2.52. The third-order valence-electron chi connectivity index (χ3n) is 18.0. The molecule has 0 spiro atoms. The molecule has 0 radical (unpaired) electrons. The summed E-state index contributed by atoms with van der Waals surface area (Å²) in [4.78, 5) is 0.634. The Kier molecular flexibility index (Phi) is 18.6. The third-order valence-corrected chi connectivity index (χ3v) is 24.0. The van der Waals surface area contributed by atoms with Crippen LogP contribution in [0, 0.1) is 16.2 Å². The zero-order valence-corrected chi connectivity index (χ0v) is 50.2. The number of aliphatic hydroxyl groups is 3. The van der Waals surface area contributed by atoms with Gasteiger partial charge in [0.05, 0.1) is 50.3 Å². The van der Waals surface area contributed by atoms with Crippen LogP contribution in [0.25, 0.3) is 0 Å². The number of nitrogens with two attached hydrogens (primary N) is 3. The summed E-state index contributed by atoms with van der Waals surface area (Å²) in [5, 5.41) is 45.1. The van der Waals surface area contributed by atoms with Crippen LogP contribution in [0.3, 0.4) is 0 Å². The fraction of sp³-hybridized carbons (Fsp3) is 0.438. The van der Waals surface area contributed by atoms with Crippen LogP contribution in [0.5, 0.6) is 17.2 Å². The molecule has 6 aromatic rings. The van der Waals surface area contributed by atoms with Crippen LogP contribution in [0.4, 0.5) is 17.1 Å². The summed E-state index contributed by atoms with van der Waals surface area (Å²) in [5.41, 5.74) is 20.9. The predicted molar refractivity (Wildman–Crippen MR) is 322 cm³/mol. The molecule has 10 N–H and O–H groups in total. The number of sulfone groups is 3. The Labute approximate surface area is 484 Å². The topological polar surface area (TPSA) is 280 Å². The molecule has 0 fully saturated rings. The molecule has 18 heteroatoms. The van der Waals surface area contributed by atoms with E-state index in [-0.39, 0.29) is 44.5 Å². The molecule has 1 unspecified atom stereocenters. The SMILES string of the molecule is CCCC[C@@]1(CC)CS(=O)(=O)c2ccc(N)cc2[C@@H](c2ccc(O)cc2)[C@H]1O.CCCC[C@]1(CC)CS(=O)(=O)c2ccc(N)cc2C(c2ccc(OCOc3ccc([C@@H]4c5cc(N)ccc5S(=O)(=O)C[C@@](C)(CC)[C@@H]4O)cc3)cc2)[C@@H]1O. The number of rotatable bonds is 16. The first-order chi connectivity index (χ1) is 38.8. The Morgan fingerprint density at radius 1 is 0.463 bits per heavy atom. The van der Waals surface area contributed by atoms with Gasteiger partial charge in [0.2, 0.25) is 6.79 Å². The maximum absolute atomic E-state index is 13.8. The number of aliphatic hydroxyl groups excluding tert-OH is 3. The number of hydrogen-bond acceptors (Lipinski definition) is 15. The fourth-order valence-corrected chi connectivity index (χ4v) is 19.6. The number of phenolic OH excluding ortho intramolecular Hbond substituents is 1. The number of hydrogen-bond donors (Lipinski definition) is 7. The van der Waals surface area contributed by atoms with E-state index in [1.165, 1.54) is 6.07 Å². The Morgan fingerprint density at radius 2 is 0.793 bits per heavy atom. The van der Waals surface area contributed by atoms with Crippen molar-refractivity contribution in [1.29, 1.82) is 0 Å². The molecule has 442 valence electrons. The van der Waals surface area contributed by atoms with Crippen LogP contribution in [-0.2, 0) is 29.5 Å². The van der Waals surface area contributed by atoms with Crippen molar-refractivity contribution in [1.82, 2.24) is 0 Å². The van der Waals surface area contributed by atoms with Gasteiger partial charge in [0, 0.05) is 51.1 Å². The van der Waals surface area contributed by atoms with Crippen molar-refractivity contribution in [3.8, 4) is 17.2 Å². The third kappa shape index (κ3) is 12.4. The van der Waals surface area contributed by atoms with Crippen molar-refractivity contribution >= 4 is 46.6 Å². The van der Waals surface area contributed by atoms with E-state index in [2.05, 4.69) is 13.8 Å². The molecule has 0 saturated carbocycles. The molecule has 9 atom stereocenters. The molecule has 82 heavy (non-hydrogen) atoms. The number of aromatic hydroxyl groups is 1. The van der Waals surface area contributed by atoms with E-state index in [1.807, 2.05) is 52.0 Å². The number of benzene rings is 6. The fourth-order valence-electron chi connectivity index (χ4n) is 12.8. The number of anilines is 3. The highest BCUT2D eigenvalue weighted by molar-refractivity contribution is 7.92. The predicted octanol–water partition coefficient (Wildman–Crippen LogP) is 10.7. The minimum atomic E-state index is -3.70. The van der Waals surface area contributed by atoms with E-state index in [0.29, 0.717) is 77.4 Å². The van der Waals surface area contributed by atoms with Gasteiger partial charge in [-0.15, -0.1) is 0 Å². The van der Waals surface area contributed by atoms with Gasteiger partial charge < -0.3 is 47.1 Å². The lowest BCUT2D eigenvalue weighted by atomic mass is 9.69. The molecular weight excluding hydrogens is 1100 g/mol. The molecule has 0 aromatic heterocycles. The van der Waals surface area contributed by atoms with Gasteiger partial charge >= 0.3 is 0 Å². The first-order valence-corrected chi connectivity index (χ1v) is 33.4. The number of unbranched alkanes of at least 4 members (excludes halogenated alkanes) is 2. The maximum atomic E-state index is 13.8. The van der Waals surface area contributed by atoms with Gasteiger partial charge in [0.1, 0.15) is 17.2 Å². The van der Waals surface area contributed by atoms with Crippen molar-refractivity contribution < 1.29 is 55.2 Å². The quantitative estimate of drug-likeness (QED) is 0.0350. The van der Waals surface area contributed by atoms with Crippen LogP contribution < -0.4 is 26.7 Å². The molecule has 3 aliphatic heterocycles. The highest BCUT2D eigenvalue weighted by Gasteiger charge is 2.51. The average molecular weight is 1180 g/mol. The van der Waals surface area contributed by atoms with Gasteiger partial charge in [-0.05, 0) is 156 Å². The zero-order chi connectivity index (χ0) is 59.6. The van der Waals surface area contributed by atoms with Gasteiger partial charge in [-0.25, -0.2) is 25.3 Å². The summed E-state index contributed by atoms with van der Waals surface area (Å²) < 4.78 is 93.0. The van der Waals surface area contributed by atoms with Gasteiger partial charge in [-0.2, -0.15) is 0 Å². The summed E-state index contributed by atoms with van der Waals surface area (Å²) >= 11 is 0. The largest absolute Gasteiger partial charge is 0.508 e. The minimum absolute atomic E-state index is 0.0802. The molecule has 3 heterocycles. The van der Waals surface area contributed by atoms with Crippen LogP contribution in [-0.4, -0.2) is 88.0 Å². The van der Waals surface area contributed by atoms with Crippen molar-refractivity contribution in [2.24, 2.45) is 16.2 Å². The van der Waals surface area contributed by atoms with Crippen molar-refractivity contribution in [2.45, 2.75) is 150 Å². The van der Waals surface area contributed by atoms with Crippen molar-refractivity contribution in [2.75, 3.05) is 41.3 Å². The molecule has 0 saturated heterocycles. The van der Waals surface area contributed by atoms with Gasteiger partial charge in [-0.3, -0.25) is 0 Å². The van der Waals surface area contributed by atoms with Gasteiger partial charge in [0.15, 0.2) is 29.5 Å². The van der Waals surface area contributed by atoms with Crippen LogP contribution >= 0.6 is 0 Å². The lowest BCUT2D eigenvalue weighted by molar-refractivity contribution is 0.0173. The monoisotopic (exact) mass is 1180 g/mol. The van der Waals surface area contributed by atoms with E-state index in [4.69, 9.17) is 26.7 Å². The molecular formula is C64H81N3O12S3. The van der Waals surface area contributed by atoms with Crippen molar-refractivity contribution in [3.63, 3.8) is 0 Å². The second-order valence-corrected chi connectivity index (χ2v) is 29.1. The standard InChI is InChI=1S/C42H52N2O8S2.C22H29NO4S/c1-5-8-21-42(7-3)25-54(49,50)36-20-14-30(44)23-34(36)38(40(42)46)28-11-17-32(18-12-28)52-26-51-31-15-9-27(10-16-31)37-33-22-29(43)13-19-35(33)53(47,48)24-41(4,6-2)39(37)45;1-3-5-12-22(4-2)14-28(26,27)19-11-8-16(23)13-18(19)20(21(22)25)15-6-9-17(24)10-7-15/h9-20,22-23,37-40,45-46H,5-8,21,24-26,43-44H2,1-4H3;6-11,13,20-21,24-25H,3-5,12,14,23H2,1-2H3/t37-,38?,39-,40+,41-,42-;20-,21-,22+/m11/s1. The Bertz CT molecular complexity index is 3560. The van der Waals surface area contributed by atoms with E-state index < -0.39 is 81.8 Å². The van der Waals surface area contributed by atoms with Crippen molar-refractivity contribution in [3.05, 3.63) is 161 Å². The first kappa shape index (κ1) is 61.9. The van der Waals surface area contributed by atoms with Crippen LogP contribution in [0.15, 0.2) is 142 Å². The van der Waals surface area contributed by atoms with E-state index in [1.54, 1.807) is 97.1 Å². The molecule has 0 amide bonds. The molecule has 0 aliphatic carbocycles. The average Bonchev–Trinajstić information content (AvgIpc) is 3.69. The second-order valence-electron chi connectivity index (χ2n) is 23.2. The Balaban J connectivity index is 0.000000263. The normalized spacial score (nSPS) is 26.9. The van der Waals surface area contributed by atoms with E-state index >= 15 is 0 Å². The van der Waals surface area contributed by atoms with Gasteiger partial charge in [0.25, 0.3) is 0 Å². The lowest BCUT2D eigenvalue weighted by Crippen LogP contribution is -2.42. The number of phenols is 1. The molecule has 6 aromatic carbocycles. The summed E-state index contributed by atoms with van der Waals surface area (Å²) in [6.45, 7) is 11.6. The lowest BCUT2D eigenvalue weighted by Gasteiger charge is -2.39. The smallest absolute Gasteiger partial charge is 0.230 e. The zero-order valence-electron chi connectivity index (χ0n) is 47.8. The Morgan fingerprint density at radius 3 is 1.12 bits per heavy atom. The summed E-state index contributed by atoms with van der Waals surface area (Å²) in [6, 6.07) is 35.4. The maximum Gasteiger partial charge on any atom is 0.230 e. The molecule has 3 aliphatic rings. The summed E-state index contributed by atoms with van der Waals surface area (Å²) in [5.74, 6) is -1.01. The van der Waals surface area contributed by atoms with Gasteiger partial charge in [-0.1, -0.05) is 104 Å². The molecule has 15 nitrogen and oxygen atoms in total. The second kappa shape index (κ2) is 24.6. The van der Waals surface area contributed by atoms with Crippen LogP contribution in [0.2, 0.25) is 0 Å². The minimum Gasteiger partial charge on any atom is -0.508 e. The summed E-state index contributed by atoms with van der Waals surface area (Å²) in [7, 11) is -11.0. The molecule has 0 bridgehead atoms. The van der Waals surface area contributed by atoms with E-state index in [0.717, 1.165) is 42.4 Å². The highest BCUT2D eigenvalue weighted by atomic mass is 32.2. The first-order valence-electron chi connectivity index (χ1n) is 28.5. The number of ether oxygens (including phenoxy) is 2. The Hall–Kier alpha value is -6.15. The molecule has 9 rings (SSSR count). The number of nitrogen functional groups attached to an aromatic ring is 3. The van der Waals surface area contributed by atoms with E-state index in [9.17, 15) is 45.7 Å².